The maximum Gasteiger partial charge on any atom is 0.303 e. The van der Waals surface area contributed by atoms with E-state index < -0.39 is 5.97 Å². The first-order chi connectivity index (χ1) is 7.75. The van der Waals surface area contributed by atoms with Crippen LogP contribution in [0, 0.1) is 5.92 Å². The van der Waals surface area contributed by atoms with E-state index in [0.29, 0.717) is 18.4 Å². The third-order valence-electron chi connectivity index (χ3n) is 3.74. The summed E-state index contributed by atoms with van der Waals surface area (Å²) in [6.45, 7) is 3.97. The molecule has 0 saturated carbocycles. The van der Waals surface area contributed by atoms with E-state index in [1.54, 1.807) is 0 Å². The molecule has 1 N–H and O–H groups in total. The highest BCUT2D eigenvalue weighted by Crippen LogP contribution is 2.25. The second-order valence-corrected chi connectivity index (χ2v) is 4.95. The lowest BCUT2D eigenvalue weighted by molar-refractivity contribution is -0.137. The molecule has 0 radical (unpaired) electrons. The minimum absolute atomic E-state index is 0.319. The standard InChI is InChI=1S/C12H21NO3/c14-12(15)4-3-10-5-6-13(8-10)11-2-1-7-16-9-11/h10-11H,1-9H2,(H,14,15). The van der Waals surface area contributed by atoms with Crippen LogP contribution < -0.4 is 0 Å². The Morgan fingerprint density at radius 1 is 1.44 bits per heavy atom. The van der Waals surface area contributed by atoms with Gasteiger partial charge in [-0.2, -0.15) is 0 Å². The maximum atomic E-state index is 10.5. The monoisotopic (exact) mass is 227 g/mol. The lowest BCUT2D eigenvalue weighted by atomic mass is 10.0. The Morgan fingerprint density at radius 2 is 2.31 bits per heavy atom. The maximum absolute atomic E-state index is 10.5. The van der Waals surface area contributed by atoms with Gasteiger partial charge in [0.1, 0.15) is 0 Å². The molecule has 2 fully saturated rings. The molecule has 2 heterocycles. The fraction of sp³-hybridized carbons (Fsp3) is 0.917. The van der Waals surface area contributed by atoms with E-state index in [9.17, 15) is 4.79 Å². The molecule has 92 valence electrons. The number of carbonyl (C=O) groups is 1. The molecule has 2 rings (SSSR count). The number of nitrogens with zero attached hydrogens (tertiary/aromatic N) is 1. The second-order valence-electron chi connectivity index (χ2n) is 4.95. The van der Waals surface area contributed by atoms with Gasteiger partial charge in [0.15, 0.2) is 0 Å². The van der Waals surface area contributed by atoms with Gasteiger partial charge >= 0.3 is 5.97 Å². The van der Waals surface area contributed by atoms with Crippen molar-refractivity contribution in [1.29, 1.82) is 0 Å². The minimum atomic E-state index is -0.667. The molecule has 0 amide bonds. The molecule has 0 aromatic rings. The summed E-state index contributed by atoms with van der Waals surface area (Å²) in [7, 11) is 0. The number of carboxylic acid groups (broad SMARTS) is 1. The fourth-order valence-electron chi connectivity index (χ4n) is 2.77. The smallest absolute Gasteiger partial charge is 0.303 e. The molecule has 2 aliphatic heterocycles. The number of rotatable bonds is 4. The fourth-order valence-corrected chi connectivity index (χ4v) is 2.77. The zero-order valence-electron chi connectivity index (χ0n) is 9.73. The van der Waals surface area contributed by atoms with Gasteiger partial charge in [0.2, 0.25) is 0 Å². The van der Waals surface area contributed by atoms with Crippen LogP contribution in [0.1, 0.15) is 32.1 Å². The summed E-state index contributed by atoms with van der Waals surface area (Å²) in [4.78, 5) is 13.0. The second kappa shape index (κ2) is 5.64. The van der Waals surface area contributed by atoms with Gasteiger partial charge in [-0.05, 0) is 38.1 Å². The van der Waals surface area contributed by atoms with Crippen LogP contribution in [0.5, 0.6) is 0 Å². The highest BCUT2D eigenvalue weighted by Gasteiger charge is 2.29. The first-order valence-corrected chi connectivity index (χ1v) is 6.29. The summed E-state index contributed by atoms with van der Waals surface area (Å²) < 4.78 is 5.49. The highest BCUT2D eigenvalue weighted by molar-refractivity contribution is 5.66. The number of likely N-dealkylation sites (tertiary alicyclic amines) is 1. The van der Waals surface area contributed by atoms with Gasteiger partial charge in [-0.1, -0.05) is 0 Å². The van der Waals surface area contributed by atoms with Crippen molar-refractivity contribution in [3.63, 3.8) is 0 Å². The molecule has 0 spiro atoms. The number of carboxylic acids is 1. The first-order valence-electron chi connectivity index (χ1n) is 6.29. The zero-order valence-corrected chi connectivity index (χ0v) is 9.73. The number of ether oxygens (including phenoxy) is 1. The zero-order chi connectivity index (χ0) is 11.4. The summed E-state index contributed by atoms with van der Waals surface area (Å²) in [6.07, 6.45) is 4.72. The average molecular weight is 227 g/mol. The highest BCUT2D eigenvalue weighted by atomic mass is 16.5. The molecule has 0 bridgehead atoms. The van der Waals surface area contributed by atoms with Crippen molar-refractivity contribution in [3.8, 4) is 0 Å². The Bertz CT molecular complexity index is 238. The number of hydrogen-bond acceptors (Lipinski definition) is 3. The van der Waals surface area contributed by atoms with Crippen molar-refractivity contribution < 1.29 is 14.6 Å². The topological polar surface area (TPSA) is 49.8 Å². The van der Waals surface area contributed by atoms with Crippen molar-refractivity contribution in [2.24, 2.45) is 5.92 Å². The molecule has 4 heteroatoms. The molecule has 2 unspecified atom stereocenters. The van der Waals surface area contributed by atoms with E-state index in [-0.39, 0.29) is 0 Å². The van der Waals surface area contributed by atoms with E-state index in [1.807, 2.05) is 0 Å². The van der Waals surface area contributed by atoms with Crippen LogP contribution in [-0.2, 0) is 9.53 Å². The van der Waals surface area contributed by atoms with Gasteiger partial charge in [-0.25, -0.2) is 0 Å². The summed E-state index contributed by atoms with van der Waals surface area (Å²) in [6, 6.07) is 0.587. The Balaban J connectivity index is 1.72. The predicted octanol–water partition coefficient (Wildman–Crippen LogP) is 1.35. The SMILES string of the molecule is O=C(O)CCC1CCN(C2CCCOC2)C1. The van der Waals surface area contributed by atoms with E-state index in [0.717, 1.165) is 39.1 Å². The van der Waals surface area contributed by atoms with E-state index in [4.69, 9.17) is 9.84 Å². The van der Waals surface area contributed by atoms with Gasteiger partial charge in [0.25, 0.3) is 0 Å². The van der Waals surface area contributed by atoms with Crippen molar-refractivity contribution in [2.45, 2.75) is 38.1 Å². The summed E-state index contributed by atoms with van der Waals surface area (Å²) in [5.41, 5.74) is 0. The normalized spacial score (nSPS) is 31.8. The Hall–Kier alpha value is -0.610. The summed E-state index contributed by atoms with van der Waals surface area (Å²) >= 11 is 0. The largest absolute Gasteiger partial charge is 0.481 e. The molecule has 2 aliphatic rings. The van der Waals surface area contributed by atoms with E-state index in [2.05, 4.69) is 4.90 Å². The molecule has 0 aromatic carbocycles. The molecule has 16 heavy (non-hydrogen) atoms. The van der Waals surface area contributed by atoms with E-state index >= 15 is 0 Å². The molecule has 0 aliphatic carbocycles. The lowest BCUT2D eigenvalue weighted by Crippen LogP contribution is -2.39. The summed E-state index contributed by atoms with van der Waals surface area (Å²) in [5.74, 6) is -0.0857. The van der Waals surface area contributed by atoms with Crippen molar-refractivity contribution >= 4 is 5.97 Å². The Kier molecular flexibility index (Phi) is 4.18. The quantitative estimate of drug-likeness (QED) is 0.787. The van der Waals surface area contributed by atoms with Crippen LogP contribution in [-0.4, -0.2) is 48.3 Å². The Labute approximate surface area is 96.6 Å². The molecule has 2 atom stereocenters. The average Bonchev–Trinajstić information content (AvgIpc) is 2.76. The van der Waals surface area contributed by atoms with Crippen LogP contribution >= 0.6 is 0 Å². The van der Waals surface area contributed by atoms with Crippen LogP contribution in [0.4, 0.5) is 0 Å². The Morgan fingerprint density at radius 3 is 3.00 bits per heavy atom. The third kappa shape index (κ3) is 3.19. The molecule has 2 saturated heterocycles. The van der Waals surface area contributed by atoms with E-state index in [1.165, 1.54) is 12.8 Å². The van der Waals surface area contributed by atoms with Crippen molar-refractivity contribution in [3.05, 3.63) is 0 Å². The van der Waals surface area contributed by atoms with Gasteiger partial charge < -0.3 is 9.84 Å². The van der Waals surface area contributed by atoms with Gasteiger partial charge in [-0.15, -0.1) is 0 Å². The molecular formula is C12H21NO3. The van der Waals surface area contributed by atoms with Crippen LogP contribution in [0.3, 0.4) is 0 Å². The number of aliphatic carboxylic acids is 1. The first kappa shape index (κ1) is 11.9. The molecule has 0 aromatic heterocycles. The van der Waals surface area contributed by atoms with Crippen molar-refractivity contribution in [2.75, 3.05) is 26.3 Å². The molecular weight excluding hydrogens is 206 g/mol. The third-order valence-corrected chi connectivity index (χ3v) is 3.74. The van der Waals surface area contributed by atoms with Crippen molar-refractivity contribution in [1.82, 2.24) is 4.90 Å². The number of hydrogen-bond donors (Lipinski definition) is 1. The van der Waals surface area contributed by atoms with Crippen LogP contribution in [0.15, 0.2) is 0 Å². The predicted molar refractivity (Wildman–Crippen MR) is 60.4 cm³/mol. The van der Waals surface area contributed by atoms with Gasteiger partial charge in [0, 0.05) is 25.6 Å². The summed E-state index contributed by atoms with van der Waals surface area (Å²) in [5, 5.41) is 8.65. The minimum Gasteiger partial charge on any atom is -0.481 e. The lowest BCUT2D eigenvalue weighted by Gasteiger charge is -2.30. The van der Waals surface area contributed by atoms with Crippen LogP contribution in [0.2, 0.25) is 0 Å². The van der Waals surface area contributed by atoms with Gasteiger partial charge in [0.05, 0.1) is 6.61 Å². The molecule has 4 nitrogen and oxygen atoms in total. The van der Waals surface area contributed by atoms with Crippen LogP contribution in [0.25, 0.3) is 0 Å². The van der Waals surface area contributed by atoms with Gasteiger partial charge in [-0.3, -0.25) is 9.69 Å².